The lowest BCUT2D eigenvalue weighted by atomic mass is 10.1. The third-order valence-electron chi connectivity index (χ3n) is 4.04. The fraction of sp³-hybridized carbons (Fsp3) is 0.182. The van der Waals surface area contributed by atoms with Crippen molar-refractivity contribution in [2.45, 2.75) is 13.8 Å². The molecule has 1 aromatic heterocycles. The van der Waals surface area contributed by atoms with Gasteiger partial charge in [-0.15, -0.1) is 6.42 Å². The minimum absolute atomic E-state index is 0.150. The SMILES string of the molecule is C#CCOc1ccc(/C=C(\Cl)c2nc3c(C)cccc3c(=O)[nH]2)cc1OCC. The van der Waals surface area contributed by atoms with Crippen molar-refractivity contribution in [1.29, 1.82) is 0 Å². The Labute approximate surface area is 168 Å². The number of aromatic nitrogens is 2. The lowest BCUT2D eigenvalue weighted by molar-refractivity contribution is 0.299. The van der Waals surface area contributed by atoms with Crippen molar-refractivity contribution in [1.82, 2.24) is 9.97 Å². The van der Waals surface area contributed by atoms with E-state index in [-0.39, 0.29) is 12.2 Å². The molecule has 0 aliphatic rings. The molecule has 142 valence electrons. The number of rotatable bonds is 6. The quantitative estimate of drug-likeness (QED) is 0.630. The second-order valence-corrected chi connectivity index (χ2v) is 6.42. The van der Waals surface area contributed by atoms with Crippen LogP contribution in [0.5, 0.6) is 11.5 Å². The van der Waals surface area contributed by atoms with E-state index in [2.05, 4.69) is 15.9 Å². The van der Waals surface area contributed by atoms with Crippen LogP contribution >= 0.6 is 11.6 Å². The number of hydrogen-bond donors (Lipinski definition) is 1. The van der Waals surface area contributed by atoms with Gasteiger partial charge in [0.1, 0.15) is 6.61 Å². The van der Waals surface area contributed by atoms with Gasteiger partial charge in [-0.3, -0.25) is 4.79 Å². The predicted molar refractivity (Wildman–Crippen MR) is 113 cm³/mol. The largest absolute Gasteiger partial charge is 0.490 e. The molecule has 1 heterocycles. The number of para-hydroxylation sites is 1. The zero-order valence-electron chi connectivity index (χ0n) is 15.6. The van der Waals surface area contributed by atoms with Gasteiger partial charge in [-0.2, -0.15) is 0 Å². The Morgan fingerprint density at radius 1 is 1.29 bits per heavy atom. The molecule has 0 aliphatic heterocycles. The van der Waals surface area contributed by atoms with Crippen molar-refractivity contribution in [3.8, 4) is 23.8 Å². The van der Waals surface area contributed by atoms with Gasteiger partial charge in [0.05, 0.1) is 22.5 Å². The fourth-order valence-electron chi connectivity index (χ4n) is 2.75. The number of aromatic amines is 1. The maximum atomic E-state index is 12.4. The van der Waals surface area contributed by atoms with Gasteiger partial charge in [0.2, 0.25) is 0 Å². The number of aryl methyl sites for hydroxylation is 1. The molecule has 3 aromatic rings. The van der Waals surface area contributed by atoms with Gasteiger partial charge in [0, 0.05) is 0 Å². The first-order chi connectivity index (χ1) is 13.5. The van der Waals surface area contributed by atoms with E-state index in [0.717, 1.165) is 11.1 Å². The molecule has 0 aliphatic carbocycles. The third kappa shape index (κ3) is 4.19. The normalized spacial score (nSPS) is 11.3. The van der Waals surface area contributed by atoms with Gasteiger partial charge in [-0.05, 0) is 49.2 Å². The first-order valence-electron chi connectivity index (χ1n) is 8.73. The molecule has 0 saturated heterocycles. The second kappa shape index (κ2) is 8.64. The number of nitrogens with one attached hydrogen (secondary N) is 1. The summed E-state index contributed by atoms with van der Waals surface area (Å²) in [7, 11) is 0. The zero-order chi connectivity index (χ0) is 20.1. The minimum Gasteiger partial charge on any atom is -0.490 e. The Morgan fingerprint density at radius 2 is 2.11 bits per heavy atom. The summed E-state index contributed by atoms with van der Waals surface area (Å²) < 4.78 is 11.1. The van der Waals surface area contributed by atoms with E-state index < -0.39 is 0 Å². The number of halogens is 1. The predicted octanol–water partition coefficient (Wildman–Crippen LogP) is 4.38. The summed E-state index contributed by atoms with van der Waals surface area (Å²) in [5.41, 5.74) is 2.07. The standard InChI is InChI=1S/C22H19ClN2O3/c1-4-11-28-18-10-9-15(13-19(18)27-5-2)12-17(23)21-24-20-14(3)7-6-8-16(20)22(26)25-21/h1,6-10,12-13H,5,11H2,2-3H3,(H,24,25,26)/b17-12-. The molecule has 0 spiro atoms. The van der Waals surface area contributed by atoms with E-state index in [9.17, 15) is 4.79 Å². The first-order valence-corrected chi connectivity index (χ1v) is 9.11. The van der Waals surface area contributed by atoms with Crippen molar-refractivity contribution in [3.63, 3.8) is 0 Å². The van der Waals surface area contributed by atoms with Gasteiger partial charge >= 0.3 is 0 Å². The highest BCUT2D eigenvalue weighted by Gasteiger charge is 2.10. The summed E-state index contributed by atoms with van der Waals surface area (Å²) in [4.78, 5) is 19.6. The molecule has 0 unspecified atom stereocenters. The van der Waals surface area contributed by atoms with Gasteiger partial charge in [0.25, 0.3) is 5.56 Å². The van der Waals surface area contributed by atoms with Crippen LogP contribution in [0.15, 0.2) is 41.2 Å². The van der Waals surface area contributed by atoms with Crippen LogP contribution in [0.3, 0.4) is 0 Å². The molecule has 2 aromatic carbocycles. The first kappa shape index (κ1) is 19.5. The smallest absolute Gasteiger partial charge is 0.259 e. The van der Waals surface area contributed by atoms with Gasteiger partial charge in [-0.1, -0.05) is 35.7 Å². The van der Waals surface area contributed by atoms with Crippen LogP contribution in [0.25, 0.3) is 22.0 Å². The van der Waals surface area contributed by atoms with Crippen LogP contribution in [0.4, 0.5) is 0 Å². The van der Waals surface area contributed by atoms with Crippen LogP contribution in [-0.2, 0) is 0 Å². The molecule has 0 radical (unpaired) electrons. The van der Waals surface area contributed by atoms with Crippen molar-refractivity contribution in [2.24, 2.45) is 0 Å². The highest BCUT2D eigenvalue weighted by Crippen LogP contribution is 2.30. The lowest BCUT2D eigenvalue weighted by Gasteiger charge is -2.11. The van der Waals surface area contributed by atoms with E-state index in [1.807, 2.05) is 32.0 Å². The van der Waals surface area contributed by atoms with Gasteiger partial charge in [-0.25, -0.2) is 4.98 Å². The number of hydrogen-bond acceptors (Lipinski definition) is 4. The highest BCUT2D eigenvalue weighted by molar-refractivity contribution is 6.50. The average Bonchev–Trinajstić information content (AvgIpc) is 2.68. The number of H-pyrrole nitrogens is 1. The molecule has 0 bridgehead atoms. The van der Waals surface area contributed by atoms with Crippen molar-refractivity contribution < 1.29 is 9.47 Å². The van der Waals surface area contributed by atoms with Crippen LogP contribution in [0.1, 0.15) is 23.9 Å². The topological polar surface area (TPSA) is 64.2 Å². The third-order valence-corrected chi connectivity index (χ3v) is 4.32. The van der Waals surface area contributed by atoms with Crippen molar-refractivity contribution in [3.05, 3.63) is 63.7 Å². The van der Waals surface area contributed by atoms with Gasteiger partial charge in [0.15, 0.2) is 17.3 Å². The van der Waals surface area contributed by atoms with E-state index in [0.29, 0.717) is 39.9 Å². The molecule has 28 heavy (non-hydrogen) atoms. The summed E-state index contributed by atoms with van der Waals surface area (Å²) >= 11 is 6.45. The summed E-state index contributed by atoms with van der Waals surface area (Å²) in [6.45, 7) is 4.41. The molecule has 5 nitrogen and oxygen atoms in total. The molecule has 0 saturated carbocycles. The zero-order valence-corrected chi connectivity index (χ0v) is 16.3. The van der Waals surface area contributed by atoms with Crippen LogP contribution in [0, 0.1) is 19.3 Å². The minimum atomic E-state index is -0.233. The Balaban J connectivity index is 2.00. The second-order valence-electron chi connectivity index (χ2n) is 6.01. The highest BCUT2D eigenvalue weighted by atomic mass is 35.5. The number of nitrogens with zero attached hydrogens (tertiary/aromatic N) is 1. The Kier molecular flexibility index (Phi) is 6.03. The summed E-state index contributed by atoms with van der Waals surface area (Å²) in [6.07, 6.45) is 6.95. The van der Waals surface area contributed by atoms with Crippen LogP contribution < -0.4 is 15.0 Å². The van der Waals surface area contributed by atoms with Crippen LogP contribution in [0.2, 0.25) is 0 Å². The fourth-order valence-corrected chi connectivity index (χ4v) is 2.97. The van der Waals surface area contributed by atoms with E-state index >= 15 is 0 Å². The molecule has 0 atom stereocenters. The van der Waals surface area contributed by atoms with Gasteiger partial charge < -0.3 is 14.5 Å². The molecule has 0 fully saturated rings. The maximum Gasteiger partial charge on any atom is 0.259 e. The molecular weight excluding hydrogens is 376 g/mol. The summed E-state index contributed by atoms with van der Waals surface area (Å²) in [5, 5.41) is 0.837. The maximum absolute atomic E-state index is 12.4. The number of ether oxygens (including phenoxy) is 2. The van der Waals surface area contributed by atoms with Crippen molar-refractivity contribution in [2.75, 3.05) is 13.2 Å². The number of fused-ring (bicyclic) bond motifs is 1. The Morgan fingerprint density at radius 3 is 2.86 bits per heavy atom. The Bertz CT molecular complexity index is 1140. The van der Waals surface area contributed by atoms with E-state index in [1.54, 1.807) is 24.3 Å². The molecule has 3 rings (SSSR count). The van der Waals surface area contributed by atoms with E-state index in [1.165, 1.54) is 0 Å². The lowest BCUT2D eigenvalue weighted by Crippen LogP contribution is -2.11. The van der Waals surface area contributed by atoms with Crippen LogP contribution in [-0.4, -0.2) is 23.2 Å². The molecule has 0 amide bonds. The van der Waals surface area contributed by atoms with Crippen molar-refractivity contribution >= 4 is 33.6 Å². The number of terminal acetylenes is 1. The average molecular weight is 395 g/mol. The molecular formula is C22H19ClN2O3. The Hall–Kier alpha value is -3.23. The van der Waals surface area contributed by atoms with E-state index in [4.69, 9.17) is 27.5 Å². The summed E-state index contributed by atoms with van der Waals surface area (Å²) in [5.74, 6) is 3.85. The number of benzene rings is 2. The summed E-state index contributed by atoms with van der Waals surface area (Å²) in [6, 6.07) is 10.8. The molecule has 6 heteroatoms. The monoisotopic (exact) mass is 394 g/mol. The molecule has 1 N–H and O–H groups in total.